The summed E-state index contributed by atoms with van der Waals surface area (Å²) < 4.78 is 14.8. The van der Waals surface area contributed by atoms with Crippen molar-refractivity contribution >= 4 is 39.3 Å². The Morgan fingerprint density at radius 2 is 1.83 bits per heavy atom. The zero-order valence-corrected chi connectivity index (χ0v) is 20.1. The van der Waals surface area contributed by atoms with Crippen LogP contribution >= 0.6 is 0 Å². The van der Waals surface area contributed by atoms with Gasteiger partial charge in [-0.1, -0.05) is 30.3 Å². The number of benzene rings is 3. The fourth-order valence-corrected chi connectivity index (χ4v) is 4.71. The molecule has 1 aliphatic heterocycles. The minimum atomic E-state index is -1.26. The number of carboxylic acids is 2. The second-order valence-electron chi connectivity index (χ2n) is 8.71. The van der Waals surface area contributed by atoms with Crippen LogP contribution in [0.1, 0.15) is 28.4 Å². The molecule has 0 fully saturated rings. The molecule has 1 unspecified atom stereocenters. The summed E-state index contributed by atoms with van der Waals surface area (Å²) >= 11 is 0. The first-order valence-corrected chi connectivity index (χ1v) is 11.6. The van der Waals surface area contributed by atoms with E-state index in [2.05, 4.69) is 52.0 Å². The second-order valence-corrected chi connectivity index (χ2v) is 8.71. The molecule has 0 radical (unpaired) electrons. The summed E-state index contributed by atoms with van der Waals surface area (Å²) in [5.41, 5.74) is 6.28. The highest BCUT2D eigenvalue weighted by Crippen LogP contribution is 2.35. The van der Waals surface area contributed by atoms with Gasteiger partial charge in [0.25, 0.3) is 0 Å². The van der Waals surface area contributed by atoms with E-state index in [1.807, 2.05) is 26.1 Å². The highest BCUT2D eigenvalue weighted by molar-refractivity contribution is 5.90. The van der Waals surface area contributed by atoms with Gasteiger partial charge in [-0.05, 0) is 72.0 Å². The molecule has 4 aromatic rings. The van der Waals surface area contributed by atoms with Crippen molar-refractivity contribution in [3.8, 4) is 0 Å². The lowest BCUT2D eigenvalue weighted by Crippen LogP contribution is -2.31. The first-order valence-electron chi connectivity index (χ1n) is 11.6. The van der Waals surface area contributed by atoms with Gasteiger partial charge < -0.3 is 25.8 Å². The summed E-state index contributed by atoms with van der Waals surface area (Å²) in [5, 5.41) is 25.8. The maximum Gasteiger partial charge on any atom is 0.328 e. The van der Waals surface area contributed by atoms with Crippen LogP contribution in [0.15, 0.2) is 60.7 Å². The number of carboxylic acid groups (broad SMARTS) is 2. The summed E-state index contributed by atoms with van der Waals surface area (Å²) in [6.45, 7) is 2.70. The Hall–Kier alpha value is -4.17. The van der Waals surface area contributed by atoms with E-state index in [4.69, 9.17) is 10.2 Å². The average molecular weight is 490 g/mol. The number of halogens is 1. The largest absolute Gasteiger partial charge is 0.478 e. The van der Waals surface area contributed by atoms with Gasteiger partial charge in [0.2, 0.25) is 0 Å². The van der Waals surface area contributed by atoms with Crippen LogP contribution < -0.4 is 10.6 Å². The first-order chi connectivity index (χ1) is 17.3. The van der Waals surface area contributed by atoms with Crippen molar-refractivity contribution < 1.29 is 24.2 Å². The highest BCUT2D eigenvalue weighted by Gasteiger charge is 2.26. The molecule has 8 heteroatoms. The molecule has 5 rings (SSSR count). The van der Waals surface area contributed by atoms with Gasteiger partial charge in [-0.25, -0.2) is 14.0 Å². The predicted molar refractivity (Wildman–Crippen MR) is 139 cm³/mol. The number of rotatable bonds is 5. The van der Waals surface area contributed by atoms with E-state index < -0.39 is 11.9 Å². The van der Waals surface area contributed by atoms with Crippen molar-refractivity contribution in [3.63, 3.8) is 0 Å². The summed E-state index contributed by atoms with van der Waals surface area (Å²) in [4.78, 5) is 22.6. The summed E-state index contributed by atoms with van der Waals surface area (Å²) in [5.74, 6) is -2.60. The van der Waals surface area contributed by atoms with Crippen LogP contribution in [-0.4, -0.2) is 40.7 Å². The van der Waals surface area contributed by atoms with Crippen molar-refractivity contribution in [1.29, 1.82) is 0 Å². The van der Waals surface area contributed by atoms with Crippen LogP contribution in [0.5, 0.6) is 0 Å². The standard InChI is InChI=1S/C24H24FN3.C4H4O4/c1-14-7-8-20-22(23(14)25)19-9-10-27-21(24(19)28-20)13-16-12-17(26-2)11-15-5-3-4-6-18(15)16;5-3(6)1-2-4(7)8/h3-8,11-12,21,26-28H,9-10,13H2,1-2H3;1-2H,(H,5,6)(H,7,8). The Labute approximate surface area is 207 Å². The molecule has 7 nitrogen and oxygen atoms in total. The van der Waals surface area contributed by atoms with Crippen molar-refractivity contribution in [3.05, 3.63) is 88.9 Å². The van der Waals surface area contributed by atoms with Gasteiger partial charge in [0.15, 0.2) is 0 Å². The van der Waals surface area contributed by atoms with Gasteiger partial charge in [0.05, 0.1) is 6.04 Å². The van der Waals surface area contributed by atoms with Crippen LogP contribution in [0.2, 0.25) is 0 Å². The maximum absolute atomic E-state index is 14.8. The van der Waals surface area contributed by atoms with Crippen LogP contribution in [0.25, 0.3) is 21.7 Å². The van der Waals surface area contributed by atoms with E-state index >= 15 is 0 Å². The third-order valence-corrected chi connectivity index (χ3v) is 6.37. The molecular weight excluding hydrogens is 461 g/mol. The van der Waals surface area contributed by atoms with E-state index in [9.17, 15) is 14.0 Å². The minimum Gasteiger partial charge on any atom is -0.478 e. The molecule has 5 N–H and O–H groups in total. The number of aliphatic carboxylic acids is 2. The smallest absolute Gasteiger partial charge is 0.328 e. The third kappa shape index (κ3) is 5.23. The fraction of sp³-hybridized carbons (Fsp3) is 0.214. The Morgan fingerprint density at radius 3 is 2.53 bits per heavy atom. The molecule has 1 aliphatic rings. The first kappa shape index (κ1) is 24.9. The zero-order chi connectivity index (χ0) is 25.8. The highest BCUT2D eigenvalue weighted by atomic mass is 19.1. The van der Waals surface area contributed by atoms with E-state index in [1.54, 1.807) is 0 Å². The number of carbonyl (C=O) groups is 2. The normalized spacial score (nSPS) is 14.9. The van der Waals surface area contributed by atoms with Gasteiger partial charge in [0.1, 0.15) is 5.82 Å². The molecule has 0 aliphatic carbocycles. The number of aromatic nitrogens is 1. The molecule has 1 aromatic heterocycles. The number of hydrogen-bond donors (Lipinski definition) is 5. The molecule has 0 bridgehead atoms. The molecule has 3 aromatic carbocycles. The summed E-state index contributed by atoms with van der Waals surface area (Å²) in [6, 6.07) is 16.9. The molecule has 186 valence electrons. The number of hydrogen-bond acceptors (Lipinski definition) is 4. The van der Waals surface area contributed by atoms with Crippen LogP contribution in [0.4, 0.5) is 10.1 Å². The molecule has 0 spiro atoms. The van der Waals surface area contributed by atoms with Crippen molar-refractivity contribution in [2.75, 3.05) is 18.9 Å². The van der Waals surface area contributed by atoms with Gasteiger partial charge in [-0.2, -0.15) is 0 Å². The molecule has 0 saturated heterocycles. The van der Waals surface area contributed by atoms with Gasteiger partial charge in [0, 0.05) is 41.5 Å². The van der Waals surface area contributed by atoms with E-state index in [-0.39, 0.29) is 11.9 Å². The number of aromatic amines is 1. The number of anilines is 1. The lowest BCUT2D eigenvalue weighted by Gasteiger charge is -2.25. The predicted octanol–water partition coefficient (Wildman–Crippen LogP) is 4.95. The van der Waals surface area contributed by atoms with Crippen LogP contribution in [-0.2, 0) is 22.4 Å². The Balaban J connectivity index is 0.000000331. The zero-order valence-electron chi connectivity index (χ0n) is 20.1. The van der Waals surface area contributed by atoms with Gasteiger partial charge in [-0.15, -0.1) is 0 Å². The number of H-pyrrole nitrogens is 1. The Kier molecular flexibility index (Phi) is 7.36. The van der Waals surface area contributed by atoms with E-state index in [0.717, 1.165) is 47.2 Å². The molecule has 0 amide bonds. The van der Waals surface area contributed by atoms with Gasteiger partial charge >= 0.3 is 11.9 Å². The Morgan fingerprint density at radius 1 is 1.11 bits per heavy atom. The van der Waals surface area contributed by atoms with E-state index in [0.29, 0.717) is 17.7 Å². The van der Waals surface area contributed by atoms with Crippen LogP contribution in [0, 0.1) is 12.7 Å². The minimum absolute atomic E-state index is 0.0849. The number of fused-ring (bicyclic) bond motifs is 4. The fourth-order valence-electron chi connectivity index (χ4n) is 4.71. The molecular formula is C28H28FN3O4. The average Bonchev–Trinajstić information content (AvgIpc) is 3.25. The van der Waals surface area contributed by atoms with Crippen molar-refractivity contribution in [2.24, 2.45) is 0 Å². The lowest BCUT2D eigenvalue weighted by atomic mass is 9.92. The summed E-state index contributed by atoms with van der Waals surface area (Å²) in [6.07, 6.45) is 2.82. The summed E-state index contributed by atoms with van der Waals surface area (Å²) in [7, 11) is 1.95. The molecule has 2 heterocycles. The van der Waals surface area contributed by atoms with Crippen molar-refractivity contribution in [1.82, 2.24) is 10.3 Å². The monoisotopic (exact) mass is 489 g/mol. The second kappa shape index (κ2) is 10.6. The van der Waals surface area contributed by atoms with Gasteiger partial charge in [-0.3, -0.25) is 0 Å². The third-order valence-electron chi connectivity index (χ3n) is 6.37. The van der Waals surface area contributed by atoms with E-state index in [1.165, 1.54) is 16.3 Å². The topological polar surface area (TPSA) is 114 Å². The molecule has 36 heavy (non-hydrogen) atoms. The SMILES string of the molecule is CNc1cc(CC2NCCc3c2[nH]c2ccc(C)c(F)c32)c2ccccc2c1.O=C(O)C=CC(=O)O. The molecule has 1 atom stereocenters. The van der Waals surface area contributed by atoms with Crippen molar-refractivity contribution in [2.45, 2.75) is 25.8 Å². The molecule has 0 saturated carbocycles. The maximum atomic E-state index is 14.8. The quantitative estimate of drug-likeness (QED) is 0.254. The lowest BCUT2D eigenvalue weighted by molar-refractivity contribution is -0.134. The van der Waals surface area contributed by atoms with Crippen LogP contribution in [0.3, 0.4) is 0 Å². The number of aryl methyl sites for hydroxylation is 1. The number of nitrogens with one attached hydrogen (secondary N) is 3. The Bertz CT molecular complexity index is 1460.